The first-order chi connectivity index (χ1) is 9.74. The van der Waals surface area contributed by atoms with Crippen molar-refractivity contribution < 1.29 is 9.53 Å². The van der Waals surface area contributed by atoms with Crippen LogP contribution in [-0.2, 0) is 0 Å². The van der Waals surface area contributed by atoms with Gasteiger partial charge in [-0.1, -0.05) is 30.0 Å². The number of azide groups is 1. The maximum Gasteiger partial charge on any atom is 0.250 e. The second-order valence-corrected chi connectivity index (χ2v) is 4.88. The third-order valence-electron chi connectivity index (χ3n) is 2.54. The molecule has 0 N–H and O–H groups in total. The maximum absolute atomic E-state index is 11.7. The number of methoxy groups -OCH3 is 1. The van der Waals surface area contributed by atoms with Crippen LogP contribution in [0.2, 0.25) is 0 Å². The molecule has 2 aromatic carbocycles. The fraction of sp³-hybridized carbons (Fsp3) is 0.0714. The highest BCUT2D eigenvalue weighted by Crippen LogP contribution is 2.31. The molecule has 2 aromatic rings. The van der Waals surface area contributed by atoms with Crippen molar-refractivity contribution in [1.29, 1.82) is 0 Å². The standard InChI is InChI=1S/C14H11N3O2S/c1-19-10-6-8-11(9-7-10)20-13-5-3-2-4-12(13)14(18)16-17-15/h2-9H,1H3. The summed E-state index contributed by atoms with van der Waals surface area (Å²) in [4.78, 5) is 15.9. The van der Waals surface area contributed by atoms with Crippen molar-refractivity contribution >= 4 is 17.7 Å². The summed E-state index contributed by atoms with van der Waals surface area (Å²) in [5.41, 5.74) is 8.75. The lowest BCUT2D eigenvalue weighted by atomic mass is 10.2. The van der Waals surface area contributed by atoms with E-state index in [1.54, 1.807) is 19.2 Å². The molecular formula is C14H11N3O2S. The summed E-state index contributed by atoms with van der Waals surface area (Å²) < 4.78 is 5.09. The lowest BCUT2D eigenvalue weighted by Crippen LogP contribution is -1.95. The number of rotatable bonds is 4. The molecule has 2 rings (SSSR count). The topological polar surface area (TPSA) is 75.1 Å². The van der Waals surface area contributed by atoms with Gasteiger partial charge in [-0.2, -0.15) is 0 Å². The van der Waals surface area contributed by atoms with Gasteiger partial charge in [-0.25, -0.2) is 0 Å². The number of benzene rings is 2. The van der Waals surface area contributed by atoms with E-state index in [2.05, 4.69) is 10.0 Å². The highest BCUT2D eigenvalue weighted by molar-refractivity contribution is 7.99. The number of carbonyl (C=O) groups excluding carboxylic acids is 1. The molecule has 6 heteroatoms. The SMILES string of the molecule is COc1ccc(Sc2ccccc2C(=O)N=[N+]=[N-])cc1. The fourth-order valence-corrected chi connectivity index (χ4v) is 2.54. The highest BCUT2D eigenvalue weighted by Gasteiger charge is 2.10. The zero-order valence-corrected chi connectivity index (χ0v) is 11.5. The number of amides is 1. The predicted molar refractivity (Wildman–Crippen MR) is 77.0 cm³/mol. The van der Waals surface area contributed by atoms with Gasteiger partial charge in [0, 0.05) is 20.3 Å². The molecule has 0 aliphatic carbocycles. The number of hydrogen-bond donors (Lipinski definition) is 0. The number of nitrogens with zero attached hydrogens (tertiary/aromatic N) is 3. The Morgan fingerprint density at radius 1 is 1.20 bits per heavy atom. The van der Waals surface area contributed by atoms with Crippen LogP contribution >= 0.6 is 11.8 Å². The van der Waals surface area contributed by atoms with Gasteiger partial charge in [0.2, 0.25) is 5.91 Å². The Morgan fingerprint density at radius 2 is 1.90 bits per heavy atom. The Labute approximate surface area is 120 Å². The van der Waals surface area contributed by atoms with Crippen molar-refractivity contribution in [2.45, 2.75) is 9.79 Å². The lowest BCUT2D eigenvalue weighted by Gasteiger charge is -2.06. The molecule has 0 atom stereocenters. The van der Waals surface area contributed by atoms with Gasteiger partial charge >= 0.3 is 0 Å². The average Bonchev–Trinajstić information content (AvgIpc) is 2.49. The Balaban J connectivity index is 2.28. The van der Waals surface area contributed by atoms with Gasteiger partial charge < -0.3 is 4.74 Å². The first-order valence-corrected chi connectivity index (χ1v) is 6.56. The van der Waals surface area contributed by atoms with E-state index in [1.807, 2.05) is 36.4 Å². The van der Waals surface area contributed by atoms with Crippen LogP contribution in [0, 0.1) is 0 Å². The second-order valence-electron chi connectivity index (χ2n) is 3.77. The zero-order chi connectivity index (χ0) is 14.4. The van der Waals surface area contributed by atoms with Crippen LogP contribution in [0.5, 0.6) is 5.75 Å². The molecular weight excluding hydrogens is 274 g/mol. The molecule has 0 aliphatic rings. The van der Waals surface area contributed by atoms with E-state index >= 15 is 0 Å². The first kappa shape index (κ1) is 14.0. The molecule has 20 heavy (non-hydrogen) atoms. The third-order valence-corrected chi connectivity index (χ3v) is 3.62. The lowest BCUT2D eigenvalue weighted by molar-refractivity contribution is 0.0997. The molecule has 100 valence electrons. The summed E-state index contributed by atoms with van der Waals surface area (Å²) in [6.07, 6.45) is 0. The van der Waals surface area contributed by atoms with Crippen LogP contribution in [0.1, 0.15) is 10.4 Å². The van der Waals surface area contributed by atoms with Gasteiger partial charge in [0.25, 0.3) is 0 Å². The van der Waals surface area contributed by atoms with Crippen LogP contribution in [0.25, 0.3) is 10.4 Å². The smallest absolute Gasteiger partial charge is 0.250 e. The monoisotopic (exact) mass is 285 g/mol. The molecule has 0 aromatic heterocycles. The van der Waals surface area contributed by atoms with Gasteiger partial charge in [-0.3, -0.25) is 4.79 Å². The Kier molecular flexibility index (Phi) is 4.65. The Bertz CT molecular complexity index is 664. The van der Waals surface area contributed by atoms with Crippen LogP contribution in [0.3, 0.4) is 0 Å². The summed E-state index contributed by atoms with van der Waals surface area (Å²) in [5, 5.41) is 3.13. The van der Waals surface area contributed by atoms with E-state index in [-0.39, 0.29) is 0 Å². The zero-order valence-electron chi connectivity index (χ0n) is 10.7. The van der Waals surface area contributed by atoms with Crippen molar-refractivity contribution in [3.05, 3.63) is 64.5 Å². The van der Waals surface area contributed by atoms with Crippen molar-refractivity contribution in [2.75, 3.05) is 7.11 Å². The molecule has 0 radical (unpaired) electrons. The molecule has 0 aliphatic heterocycles. The van der Waals surface area contributed by atoms with E-state index in [4.69, 9.17) is 10.3 Å². The summed E-state index contributed by atoms with van der Waals surface area (Å²) in [6, 6.07) is 14.5. The van der Waals surface area contributed by atoms with Crippen LogP contribution in [0.15, 0.2) is 63.4 Å². The maximum atomic E-state index is 11.7. The normalized spacial score (nSPS) is 9.65. The largest absolute Gasteiger partial charge is 0.497 e. The molecule has 0 unspecified atom stereocenters. The molecule has 0 bridgehead atoms. The van der Waals surface area contributed by atoms with E-state index in [0.717, 1.165) is 15.5 Å². The summed E-state index contributed by atoms with van der Waals surface area (Å²) in [7, 11) is 1.61. The van der Waals surface area contributed by atoms with Gasteiger partial charge in [0.15, 0.2) is 0 Å². The molecule has 0 saturated heterocycles. The predicted octanol–water partition coefficient (Wildman–Crippen LogP) is 4.30. The summed E-state index contributed by atoms with van der Waals surface area (Å²) >= 11 is 1.43. The fourth-order valence-electron chi connectivity index (χ4n) is 1.60. The quantitative estimate of drug-likeness (QED) is 0.477. The van der Waals surface area contributed by atoms with Crippen molar-refractivity contribution in [2.24, 2.45) is 5.11 Å². The van der Waals surface area contributed by atoms with Gasteiger partial charge in [-0.05, 0) is 41.0 Å². The number of hydrogen-bond acceptors (Lipinski definition) is 3. The van der Waals surface area contributed by atoms with Crippen LogP contribution < -0.4 is 4.74 Å². The van der Waals surface area contributed by atoms with Crippen LogP contribution in [0.4, 0.5) is 0 Å². The van der Waals surface area contributed by atoms with Gasteiger partial charge in [0.05, 0.1) is 7.11 Å². The second kappa shape index (κ2) is 6.65. The molecule has 0 fully saturated rings. The Hall–Kier alpha value is -2.43. The molecule has 0 heterocycles. The van der Waals surface area contributed by atoms with E-state index in [9.17, 15) is 4.79 Å². The van der Waals surface area contributed by atoms with E-state index in [0.29, 0.717) is 5.56 Å². The minimum Gasteiger partial charge on any atom is -0.497 e. The number of carbonyl (C=O) groups is 1. The molecule has 5 nitrogen and oxygen atoms in total. The van der Waals surface area contributed by atoms with Crippen LogP contribution in [-0.4, -0.2) is 13.0 Å². The van der Waals surface area contributed by atoms with E-state index in [1.165, 1.54) is 11.8 Å². The summed E-state index contributed by atoms with van der Waals surface area (Å²) in [6.45, 7) is 0. The van der Waals surface area contributed by atoms with Gasteiger partial charge in [0.1, 0.15) is 5.75 Å². The van der Waals surface area contributed by atoms with Crippen molar-refractivity contribution in [3.8, 4) is 5.75 Å². The minimum absolute atomic E-state index is 0.395. The van der Waals surface area contributed by atoms with Crippen molar-refractivity contribution in [3.63, 3.8) is 0 Å². The summed E-state index contributed by atoms with van der Waals surface area (Å²) in [5.74, 6) is 0.192. The molecule has 0 spiro atoms. The Morgan fingerprint density at radius 3 is 2.55 bits per heavy atom. The van der Waals surface area contributed by atoms with Crippen molar-refractivity contribution in [1.82, 2.24) is 0 Å². The minimum atomic E-state index is -0.580. The average molecular weight is 285 g/mol. The highest BCUT2D eigenvalue weighted by atomic mass is 32.2. The molecule has 0 saturated carbocycles. The third kappa shape index (κ3) is 3.32. The number of ether oxygens (including phenoxy) is 1. The first-order valence-electron chi connectivity index (χ1n) is 5.75. The molecule has 1 amide bonds. The van der Waals surface area contributed by atoms with Gasteiger partial charge in [-0.15, -0.1) is 0 Å². The van der Waals surface area contributed by atoms with E-state index < -0.39 is 5.91 Å².